The molecule has 1 N–H and O–H groups in total. The Hall–Kier alpha value is -1.48. The number of nitrogens with one attached hydrogen (secondary N) is 1. The van der Waals surface area contributed by atoms with Gasteiger partial charge in [-0.05, 0) is 48.4 Å². The average Bonchev–Trinajstić information content (AvgIpc) is 2.57. The second-order valence-corrected chi connectivity index (χ2v) is 5.42. The van der Waals surface area contributed by atoms with E-state index in [0.717, 1.165) is 36.2 Å². The van der Waals surface area contributed by atoms with Crippen LogP contribution in [0.3, 0.4) is 0 Å². The predicted molar refractivity (Wildman–Crippen MR) is 75.0 cm³/mol. The molecule has 0 amide bonds. The first-order valence-electron chi connectivity index (χ1n) is 6.15. The van der Waals surface area contributed by atoms with Gasteiger partial charge in [-0.15, -0.1) is 11.8 Å². The molecule has 2 aliphatic rings. The highest BCUT2D eigenvalue weighted by Gasteiger charge is 2.23. The topological polar surface area (TPSA) is 29.1 Å². The number of aryl methyl sites for hydroxylation is 1. The molecular weight excluding hydrogens is 242 g/mol. The van der Waals surface area contributed by atoms with Gasteiger partial charge in [0.05, 0.1) is 5.70 Å². The van der Waals surface area contributed by atoms with Gasteiger partial charge in [-0.2, -0.15) is 0 Å². The van der Waals surface area contributed by atoms with Crippen molar-refractivity contribution in [2.75, 3.05) is 12.8 Å². The molecule has 3 heteroatoms. The molecule has 1 aliphatic heterocycles. The smallest absolute Gasteiger partial charge is 0.209 e. The van der Waals surface area contributed by atoms with Gasteiger partial charge in [-0.3, -0.25) is 4.79 Å². The molecule has 0 saturated heterocycles. The molecule has 0 aromatic heterocycles. The molecule has 0 fully saturated rings. The fourth-order valence-corrected chi connectivity index (χ4v) is 2.99. The van der Waals surface area contributed by atoms with Crippen molar-refractivity contribution in [2.24, 2.45) is 0 Å². The van der Waals surface area contributed by atoms with E-state index in [1.165, 1.54) is 10.5 Å². The van der Waals surface area contributed by atoms with Gasteiger partial charge >= 0.3 is 0 Å². The number of fused-ring (bicyclic) bond motifs is 1. The lowest BCUT2D eigenvalue weighted by Crippen LogP contribution is -2.24. The number of dihydropyridines is 1. The van der Waals surface area contributed by atoms with Crippen LogP contribution < -0.4 is 5.32 Å². The lowest BCUT2D eigenvalue weighted by Gasteiger charge is -2.14. The third-order valence-corrected chi connectivity index (χ3v) is 4.21. The summed E-state index contributed by atoms with van der Waals surface area (Å²) in [6, 6.07) is 6.16. The number of hydrogen-bond donors (Lipinski definition) is 1. The molecule has 0 radical (unpaired) electrons. The first-order valence-corrected chi connectivity index (χ1v) is 7.37. The quantitative estimate of drug-likeness (QED) is 0.784. The number of carbonyl (C=O) groups excluding carboxylic acids is 1. The average molecular weight is 257 g/mol. The van der Waals surface area contributed by atoms with Gasteiger partial charge < -0.3 is 5.32 Å². The third kappa shape index (κ3) is 1.89. The van der Waals surface area contributed by atoms with E-state index in [2.05, 4.69) is 29.8 Å². The number of rotatable bonds is 1. The van der Waals surface area contributed by atoms with Crippen LogP contribution in [0.5, 0.6) is 0 Å². The van der Waals surface area contributed by atoms with Crippen LogP contribution in [0.15, 0.2) is 46.5 Å². The van der Waals surface area contributed by atoms with Crippen LogP contribution in [0, 0.1) is 0 Å². The van der Waals surface area contributed by atoms with Crippen molar-refractivity contribution < 1.29 is 4.79 Å². The molecule has 1 aromatic carbocycles. The summed E-state index contributed by atoms with van der Waals surface area (Å²) >= 11 is 1.72. The van der Waals surface area contributed by atoms with Gasteiger partial charge in [-0.25, -0.2) is 0 Å². The number of allylic oxidation sites excluding steroid dienone is 3. The van der Waals surface area contributed by atoms with Gasteiger partial charge in [0.1, 0.15) is 0 Å². The Labute approximate surface area is 111 Å². The number of hydrogen-bond acceptors (Lipinski definition) is 3. The van der Waals surface area contributed by atoms with E-state index in [-0.39, 0.29) is 5.78 Å². The highest BCUT2D eigenvalue weighted by Crippen LogP contribution is 2.28. The first kappa shape index (κ1) is 11.6. The Morgan fingerprint density at radius 2 is 2.17 bits per heavy atom. The van der Waals surface area contributed by atoms with Crippen LogP contribution in [-0.2, 0) is 6.42 Å². The van der Waals surface area contributed by atoms with Crippen molar-refractivity contribution in [1.82, 2.24) is 5.32 Å². The third-order valence-electron chi connectivity index (χ3n) is 3.48. The van der Waals surface area contributed by atoms with Gasteiger partial charge in [0.2, 0.25) is 5.78 Å². The zero-order chi connectivity index (χ0) is 12.5. The van der Waals surface area contributed by atoms with E-state index in [9.17, 15) is 4.79 Å². The van der Waals surface area contributed by atoms with Crippen molar-refractivity contribution in [1.29, 1.82) is 0 Å². The molecule has 0 spiro atoms. The minimum absolute atomic E-state index is 0.148. The zero-order valence-electron chi connectivity index (χ0n) is 10.3. The summed E-state index contributed by atoms with van der Waals surface area (Å²) in [5, 5.41) is 3.22. The summed E-state index contributed by atoms with van der Waals surface area (Å²) in [5.41, 5.74) is 3.98. The molecular formula is C15H15NOS. The Bertz CT molecular complexity index is 572. The number of ketones is 1. The summed E-state index contributed by atoms with van der Waals surface area (Å²) in [7, 11) is 0. The number of thioether (sulfide) groups is 1. The Morgan fingerprint density at radius 3 is 3.00 bits per heavy atom. The van der Waals surface area contributed by atoms with Crippen LogP contribution in [0.25, 0.3) is 0 Å². The number of carbonyl (C=O) groups is 1. The van der Waals surface area contributed by atoms with Crippen molar-refractivity contribution in [3.63, 3.8) is 0 Å². The monoisotopic (exact) mass is 257 g/mol. The maximum Gasteiger partial charge on any atom is 0.209 e. The summed E-state index contributed by atoms with van der Waals surface area (Å²) in [4.78, 5) is 13.7. The summed E-state index contributed by atoms with van der Waals surface area (Å²) in [6.45, 7) is 0.753. The molecule has 0 unspecified atom stereocenters. The minimum Gasteiger partial charge on any atom is -0.378 e. The maximum atomic E-state index is 12.5. The van der Waals surface area contributed by atoms with Crippen LogP contribution in [-0.4, -0.2) is 18.6 Å². The van der Waals surface area contributed by atoms with E-state index >= 15 is 0 Å². The van der Waals surface area contributed by atoms with Gasteiger partial charge in [-0.1, -0.05) is 12.2 Å². The van der Waals surface area contributed by atoms with Crippen molar-refractivity contribution in [2.45, 2.75) is 17.7 Å². The Balaban J connectivity index is 2.07. The summed E-state index contributed by atoms with van der Waals surface area (Å²) < 4.78 is 0. The second kappa shape index (κ2) is 4.65. The van der Waals surface area contributed by atoms with E-state index in [1.807, 2.05) is 12.1 Å². The van der Waals surface area contributed by atoms with E-state index < -0.39 is 0 Å². The van der Waals surface area contributed by atoms with E-state index in [4.69, 9.17) is 0 Å². The minimum atomic E-state index is 0.148. The summed E-state index contributed by atoms with van der Waals surface area (Å²) in [6.07, 6.45) is 8.12. The van der Waals surface area contributed by atoms with Crippen molar-refractivity contribution >= 4 is 17.5 Å². The highest BCUT2D eigenvalue weighted by atomic mass is 32.2. The van der Waals surface area contributed by atoms with Gasteiger partial charge in [0.15, 0.2) is 0 Å². The standard InChI is InChI=1S/C15H15NOS/c1-18-12-6-7-13-11(9-12)5-4-10-3-2-8-16-14(10)15(13)17/h2-3,6-7,9,16H,4-5,8H2,1H3. The molecule has 18 heavy (non-hydrogen) atoms. The number of benzene rings is 1. The van der Waals surface area contributed by atoms with Crippen LogP contribution in [0.1, 0.15) is 22.3 Å². The van der Waals surface area contributed by atoms with E-state index in [1.54, 1.807) is 11.8 Å². The molecule has 2 nitrogen and oxygen atoms in total. The normalized spacial score (nSPS) is 17.9. The van der Waals surface area contributed by atoms with Crippen LogP contribution in [0.4, 0.5) is 0 Å². The molecule has 1 aromatic rings. The van der Waals surface area contributed by atoms with Crippen molar-refractivity contribution in [3.8, 4) is 0 Å². The molecule has 3 rings (SSSR count). The Kier molecular flexibility index (Phi) is 3.00. The Morgan fingerprint density at radius 1 is 1.28 bits per heavy atom. The molecule has 0 atom stereocenters. The molecule has 92 valence electrons. The van der Waals surface area contributed by atoms with Crippen molar-refractivity contribution in [3.05, 3.63) is 52.7 Å². The maximum absolute atomic E-state index is 12.5. The van der Waals surface area contributed by atoms with Crippen LogP contribution in [0.2, 0.25) is 0 Å². The fourth-order valence-electron chi connectivity index (χ4n) is 2.52. The summed E-state index contributed by atoms with van der Waals surface area (Å²) in [5.74, 6) is 0.148. The zero-order valence-corrected chi connectivity index (χ0v) is 11.1. The first-order chi connectivity index (χ1) is 8.79. The SMILES string of the molecule is CSc1ccc2c(c1)CCC1=C(NCC=C1)C2=O. The van der Waals surface area contributed by atoms with E-state index in [0.29, 0.717) is 0 Å². The van der Waals surface area contributed by atoms with Gasteiger partial charge in [0.25, 0.3) is 0 Å². The fraction of sp³-hybridized carbons (Fsp3) is 0.267. The highest BCUT2D eigenvalue weighted by molar-refractivity contribution is 7.98. The lowest BCUT2D eigenvalue weighted by atomic mass is 10.0. The largest absolute Gasteiger partial charge is 0.378 e. The predicted octanol–water partition coefficient (Wildman–Crippen LogP) is 2.95. The second-order valence-electron chi connectivity index (χ2n) is 4.54. The number of Topliss-reactive ketones (excluding diaryl/α,β-unsaturated/α-hetero) is 1. The molecule has 0 saturated carbocycles. The van der Waals surface area contributed by atoms with Crippen LogP contribution >= 0.6 is 11.8 Å². The molecule has 1 heterocycles. The molecule has 1 aliphatic carbocycles. The molecule has 0 bridgehead atoms. The van der Waals surface area contributed by atoms with Gasteiger partial charge in [0, 0.05) is 17.0 Å². The lowest BCUT2D eigenvalue weighted by molar-refractivity contribution is 0.102.